The van der Waals surface area contributed by atoms with E-state index in [4.69, 9.17) is 0 Å². The van der Waals surface area contributed by atoms with Crippen molar-refractivity contribution in [2.75, 3.05) is 5.32 Å². The quantitative estimate of drug-likeness (QED) is 0.780. The summed E-state index contributed by atoms with van der Waals surface area (Å²) in [5.41, 5.74) is 2.29. The van der Waals surface area contributed by atoms with Gasteiger partial charge in [0.15, 0.2) is 0 Å². The van der Waals surface area contributed by atoms with Crippen LogP contribution in [0.25, 0.3) is 0 Å². The highest BCUT2D eigenvalue weighted by Gasteiger charge is 2.24. The second-order valence-corrected chi connectivity index (χ2v) is 9.07. The van der Waals surface area contributed by atoms with E-state index in [0.717, 1.165) is 55.4 Å². The van der Waals surface area contributed by atoms with Crippen molar-refractivity contribution in [1.82, 2.24) is 4.72 Å². The average molecular weight is 405 g/mol. The lowest BCUT2D eigenvalue weighted by molar-refractivity contribution is 0.102. The summed E-state index contributed by atoms with van der Waals surface area (Å²) in [5, 5.41) is 2.63. The molecule has 0 bridgehead atoms. The number of benzene rings is 2. The highest BCUT2D eigenvalue weighted by molar-refractivity contribution is 7.89. The Bertz CT molecular complexity index is 983. The summed E-state index contributed by atoms with van der Waals surface area (Å²) >= 11 is 0. The zero-order valence-corrected chi connectivity index (χ0v) is 16.9. The summed E-state index contributed by atoms with van der Waals surface area (Å²) in [6.45, 7) is 3.87. The highest BCUT2D eigenvalue weighted by atomic mass is 32.2. The second kappa shape index (κ2) is 8.41. The van der Waals surface area contributed by atoms with Gasteiger partial charge in [-0.3, -0.25) is 4.79 Å². The van der Waals surface area contributed by atoms with Gasteiger partial charge >= 0.3 is 0 Å². The minimum absolute atomic E-state index is 0.107. The number of amides is 1. The normalized spacial score (nSPS) is 15.4. The molecule has 3 rings (SSSR count). The molecule has 0 heterocycles. The van der Waals surface area contributed by atoms with E-state index < -0.39 is 21.7 Å². The van der Waals surface area contributed by atoms with Crippen LogP contribution in [0.5, 0.6) is 0 Å². The Balaban J connectivity index is 1.81. The van der Waals surface area contributed by atoms with E-state index in [1.54, 1.807) is 12.1 Å². The second-order valence-electron chi connectivity index (χ2n) is 7.35. The van der Waals surface area contributed by atoms with Gasteiger partial charge in [0, 0.05) is 11.7 Å². The van der Waals surface area contributed by atoms with Crippen LogP contribution < -0.4 is 10.0 Å². The maximum absolute atomic E-state index is 14.2. The van der Waals surface area contributed by atoms with Gasteiger partial charge < -0.3 is 5.32 Å². The van der Waals surface area contributed by atoms with Gasteiger partial charge in [0.1, 0.15) is 5.82 Å². The predicted octanol–water partition coefficient (Wildman–Crippen LogP) is 4.31. The van der Waals surface area contributed by atoms with Crippen molar-refractivity contribution in [3.8, 4) is 0 Å². The van der Waals surface area contributed by atoms with E-state index in [-0.39, 0.29) is 16.5 Å². The van der Waals surface area contributed by atoms with Crippen molar-refractivity contribution in [1.29, 1.82) is 0 Å². The number of nitrogens with one attached hydrogen (secondary N) is 2. The molecule has 1 fully saturated rings. The molecule has 7 heteroatoms. The monoisotopic (exact) mass is 404 g/mol. The molecule has 0 spiro atoms. The molecule has 0 aromatic heterocycles. The summed E-state index contributed by atoms with van der Waals surface area (Å²) in [6, 6.07) is 8.56. The van der Waals surface area contributed by atoms with Gasteiger partial charge in [-0.2, -0.15) is 0 Å². The lowest BCUT2D eigenvalue weighted by Crippen LogP contribution is -2.36. The molecule has 0 saturated heterocycles. The number of anilines is 1. The Labute approximate surface area is 165 Å². The van der Waals surface area contributed by atoms with Crippen LogP contribution in [0.3, 0.4) is 0 Å². The fourth-order valence-corrected chi connectivity index (χ4v) is 4.70. The molecule has 2 aromatic rings. The fraction of sp³-hybridized carbons (Fsp3) is 0.381. The minimum atomic E-state index is -3.81. The Morgan fingerprint density at radius 3 is 2.39 bits per heavy atom. The Kier molecular flexibility index (Phi) is 6.15. The molecular formula is C21H25FN2O3S. The van der Waals surface area contributed by atoms with Crippen molar-refractivity contribution in [3.63, 3.8) is 0 Å². The molecule has 1 saturated carbocycles. The molecule has 2 aromatic carbocycles. The summed E-state index contributed by atoms with van der Waals surface area (Å²) < 4.78 is 42.2. The first-order valence-corrected chi connectivity index (χ1v) is 10.9. The molecule has 150 valence electrons. The van der Waals surface area contributed by atoms with E-state index in [1.165, 1.54) is 6.07 Å². The number of carbonyl (C=O) groups excluding carboxylic acids is 1. The van der Waals surface area contributed by atoms with Gasteiger partial charge in [0.2, 0.25) is 10.0 Å². The Morgan fingerprint density at radius 1 is 1.00 bits per heavy atom. The molecule has 1 aliphatic carbocycles. The van der Waals surface area contributed by atoms with Crippen LogP contribution in [-0.2, 0) is 10.0 Å². The molecule has 0 unspecified atom stereocenters. The first kappa shape index (κ1) is 20.5. The van der Waals surface area contributed by atoms with Crippen molar-refractivity contribution in [2.24, 2.45) is 0 Å². The number of hydrogen-bond donors (Lipinski definition) is 2. The van der Waals surface area contributed by atoms with Crippen LogP contribution in [0.2, 0.25) is 0 Å². The van der Waals surface area contributed by atoms with Crippen LogP contribution in [0, 0.1) is 19.7 Å². The SMILES string of the molecule is Cc1ccc(NC(=O)c2cc(S(=O)(=O)NC3CCCCC3)ccc2F)cc1C. The number of aryl methyl sites for hydroxylation is 2. The molecule has 28 heavy (non-hydrogen) atoms. The number of halogens is 1. The molecule has 0 radical (unpaired) electrons. The highest BCUT2D eigenvalue weighted by Crippen LogP contribution is 2.22. The summed E-state index contributed by atoms with van der Waals surface area (Å²) in [5.74, 6) is -1.45. The van der Waals surface area contributed by atoms with Crippen LogP contribution in [0.15, 0.2) is 41.3 Å². The Hall–Kier alpha value is -2.25. The van der Waals surface area contributed by atoms with Crippen LogP contribution in [0.4, 0.5) is 10.1 Å². The first-order chi connectivity index (χ1) is 13.3. The number of carbonyl (C=O) groups is 1. The van der Waals surface area contributed by atoms with Crippen molar-refractivity contribution < 1.29 is 17.6 Å². The number of sulfonamides is 1. The van der Waals surface area contributed by atoms with E-state index in [1.807, 2.05) is 19.9 Å². The number of rotatable bonds is 5. The largest absolute Gasteiger partial charge is 0.322 e. The molecule has 1 amide bonds. The van der Waals surface area contributed by atoms with Gasteiger partial charge in [-0.05, 0) is 68.1 Å². The maximum Gasteiger partial charge on any atom is 0.258 e. The summed E-state index contributed by atoms with van der Waals surface area (Å²) in [6.07, 6.45) is 4.67. The molecule has 0 atom stereocenters. The van der Waals surface area contributed by atoms with E-state index in [0.29, 0.717) is 5.69 Å². The fourth-order valence-electron chi connectivity index (χ4n) is 3.37. The number of hydrogen-bond acceptors (Lipinski definition) is 3. The topological polar surface area (TPSA) is 75.3 Å². The zero-order valence-electron chi connectivity index (χ0n) is 16.1. The third kappa shape index (κ3) is 4.77. The third-order valence-corrected chi connectivity index (χ3v) is 6.70. The Morgan fingerprint density at radius 2 is 1.71 bits per heavy atom. The van der Waals surface area contributed by atoms with E-state index in [9.17, 15) is 17.6 Å². The summed E-state index contributed by atoms with van der Waals surface area (Å²) in [7, 11) is -3.81. The predicted molar refractivity (Wildman–Crippen MR) is 107 cm³/mol. The third-order valence-electron chi connectivity index (χ3n) is 5.18. The molecular weight excluding hydrogens is 379 g/mol. The van der Waals surface area contributed by atoms with Crippen LogP contribution in [-0.4, -0.2) is 20.4 Å². The van der Waals surface area contributed by atoms with Gasteiger partial charge in [0.05, 0.1) is 10.5 Å². The van der Waals surface area contributed by atoms with Crippen molar-refractivity contribution >= 4 is 21.6 Å². The van der Waals surface area contributed by atoms with Gasteiger partial charge in [-0.25, -0.2) is 17.5 Å². The lowest BCUT2D eigenvalue weighted by atomic mass is 9.96. The summed E-state index contributed by atoms with van der Waals surface area (Å²) in [4.78, 5) is 12.4. The molecule has 0 aliphatic heterocycles. The molecule has 1 aliphatic rings. The van der Waals surface area contributed by atoms with Crippen LogP contribution >= 0.6 is 0 Å². The average Bonchev–Trinajstić information content (AvgIpc) is 2.65. The molecule has 2 N–H and O–H groups in total. The smallest absolute Gasteiger partial charge is 0.258 e. The van der Waals surface area contributed by atoms with Gasteiger partial charge in [-0.1, -0.05) is 25.3 Å². The molecule has 5 nitrogen and oxygen atoms in total. The van der Waals surface area contributed by atoms with Gasteiger partial charge in [0.25, 0.3) is 5.91 Å². The maximum atomic E-state index is 14.2. The van der Waals surface area contributed by atoms with E-state index >= 15 is 0 Å². The van der Waals surface area contributed by atoms with E-state index in [2.05, 4.69) is 10.0 Å². The van der Waals surface area contributed by atoms with Crippen LogP contribution in [0.1, 0.15) is 53.6 Å². The first-order valence-electron chi connectivity index (χ1n) is 9.47. The van der Waals surface area contributed by atoms with Crippen molar-refractivity contribution in [3.05, 3.63) is 58.9 Å². The lowest BCUT2D eigenvalue weighted by Gasteiger charge is -2.22. The van der Waals surface area contributed by atoms with Crippen molar-refractivity contribution in [2.45, 2.75) is 56.9 Å². The van der Waals surface area contributed by atoms with Gasteiger partial charge in [-0.15, -0.1) is 0 Å². The standard InChI is InChI=1S/C21H25FN2O3S/c1-14-8-9-17(12-15(14)2)23-21(25)19-13-18(10-11-20(19)22)28(26,27)24-16-6-4-3-5-7-16/h8-13,16,24H,3-7H2,1-2H3,(H,23,25). The zero-order chi connectivity index (χ0) is 20.3. The minimum Gasteiger partial charge on any atom is -0.322 e.